The number of hydrogen-bond donors (Lipinski definition) is 2. The van der Waals surface area contributed by atoms with E-state index in [0.717, 1.165) is 10.8 Å². The van der Waals surface area contributed by atoms with Crippen molar-refractivity contribution in [3.8, 4) is 0 Å². The lowest BCUT2D eigenvalue weighted by Crippen LogP contribution is -2.38. The van der Waals surface area contributed by atoms with Crippen LogP contribution in [0, 0.1) is 0 Å². The molecule has 0 aliphatic rings. The van der Waals surface area contributed by atoms with Gasteiger partial charge in [0.15, 0.2) is 0 Å². The molecule has 2 aromatic rings. The van der Waals surface area contributed by atoms with E-state index >= 15 is 0 Å². The van der Waals surface area contributed by atoms with Crippen molar-refractivity contribution in [2.75, 3.05) is 0 Å². The lowest BCUT2D eigenvalue weighted by Gasteiger charge is -2.20. The van der Waals surface area contributed by atoms with Crippen LogP contribution in [0.2, 0.25) is 0 Å². The zero-order chi connectivity index (χ0) is 14.0. The first-order valence-corrected chi connectivity index (χ1v) is 5.87. The van der Waals surface area contributed by atoms with Gasteiger partial charge in [-0.15, -0.1) is 0 Å². The lowest BCUT2D eigenvalue weighted by atomic mass is 9.96. The van der Waals surface area contributed by atoms with Gasteiger partial charge in [-0.2, -0.15) is 13.2 Å². The van der Waals surface area contributed by atoms with Gasteiger partial charge in [0.25, 0.3) is 0 Å². The molecule has 0 amide bonds. The monoisotopic (exact) mass is 269 g/mol. The van der Waals surface area contributed by atoms with E-state index < -0.39 is 24.7 Å². The predicted molar refractivity (Wildman–Crippen MR) is 67.6 cm³/mol. The number of aliphatic hydroxyl groups excluding tert-OH is 1. The third-order valence-electron chi connectivity index (χ3n) is 3.08. The molecule has 2 nitrogen and oxygen atoms in total. The molecule has 0 bridgehead atoms. The largest absolute Gasteiger partial charge is 0.403 e. The minimum atomic E-state index is -4.49. The Bertz CT molecular complexity index is 563. The quantitative estimate of drug-likeness (QED) is 0.899. The fourth-order valence-corrected chi connectivity index (χ4v) is 2.04. The van der Waals surface area contributed by atoms with Gasteiger partial charge >= 0.3 is 6.18 Å². The lowest BCUT2D eigenvalue weighted by molar-refractivity contribution is -0.153. The molecule has 0 fully saturated rings. The molecular formula is C14H14F3NO. The van der Waals surface area contributed by atoms with Crippen LogP contribution in [0.4, 0.5) is 13.2 Å². The van der Waals surface area contributed by atoms with Gasteiger partial charge in [0, 0.05) is 6.42 Å². The van der Waals surface area contributed by atoms with Gasteiger partial charge in [-0.25, -0.2) is 0 Å². The summed E-state index contributed by atoms with van der Waals surface area (Å²) in [5, 5.41) is 11.6. The number of nitrogens with two attached hydrogens (primary N) is 1. The minimum Gasteiger partial charge on any atom is -0.388 e. The Morgan fingerprint density at radius 1 is 1.05 bits per heavy atom. The van der Waals surface area contributed by atoms with Crippen LogP contribution in [0.3, 0.4) is 0 Å². The van der Waals surface area contributed by atoms with Crippen LogP contribution in [0.15, 0.2) is 42.5 Å². The summed E-state index contributed by atoms with van der Waals surface area (Å²) in [7, 11) is 0. The zero-order valence-electron chi connectivity index (χ0n) is 10.1. The molecule has 3 N–H and O–H groups in total. The number of benzene rings is 2. The molecule has 0 aliphatic carbocycles. The fraction of sp³-hybridized carbons (Fsp3) is 0.286. The molecule has 5 heteroatoms. The summed E-state index contributed by atoms with van der Waals surface area (Å²) in [6.45, 7) is 0. The molecule has 0 radical (unpaired) electrons. The topological polar surface area (TPSA) is 46.2 Å². The molecule has 0 aliphatic heterocycles. The van der Waals surface area contributed by atoms with Crippen molar-refractivity contribution in [1.82, 2.24) is 0 Å². The second kappa shape index (κ2) is 5.19. The molecule has 0 unspecified atom stereocenters. The highest BCUT2D eigenvalue weighted by atomic mass is 19.4. The summed E-state index contributed by atoms with van der Waals surface area (Å²) in [4.78, 5) is 0. The third-order valence-corrected chi connectivity index (χ3v) is 3.08. The summed E-state index contributed by atoms with van der Waals surface area (Å²) in [5.74, 6) is 0. The van der Waals surface area contributed by atoms with Crippen LogP contribution < -0.4 is 5.73 Å². The minimum absolute atomic E-state index is 0.470. The zero-order valence-corrected chi connectivity index (χ0v) is 10.1. The first kappa shape index (κ1) is 13.8. The van der Waals surface area contributed by atoms with Crippen molar-refractivity contribution in [3.63, 3.8) is 0 Å². The van der Waals surface area contributed by atoms with Crippen molar-refractivity contribution in [2.45, 2.75) is 24.7 Å². The number of halogens is 3. The molecule has 0 heterocycles. The molecule has 0 saturated heterocycles. The van der Waals surface area contributed by atoms with Gasteiger partial charge in [0.2, 0.25) is 0 Å². The molecule has 2 rings (SSSR count). The van der Waals surface area contributed by atoms with Crippen LogP contribution in [0.5, 0.6) is 0 Å². The van der Waals surface area contributed by atoms with Crippen LogP contribution in [-0.4, -0.2) is 17.3 Å². The van der Waals surface area contributed by atoms with E-state index in [9.17, 15) is 18.3 Å². The maximum atomic E-state index is 12.4. The van der Waals surface area contributed by atoms with Gasteiger partial charge in [-0.1, -0.05) is 42.5 Å². The number of fused-ring (bicyclic) bond motifs is 1. The molecule has 2 aromatic carbocycles. The van der Waals surface area contributed by atoms with E-state index in [1.54, 1.807) is 24.3 Å². The molecule has 0 spiro atoms. The van der Waals surface area contributed by atoms with Crippen LogP contribution in [0.1, 0.15) is 18.1 Å². The average molecular weight is 269 g/mol. The standard InChI is InChI=1S/C14H14F3NO/c15-14(16,17)13(18)8-12(19)11-7-3-5-9-4-1-2-6-10(9)11/h1-7,12-13,19H,8,18H2/t12-,13-/m1/s1. The van der Waals surface area contributed by atoms with Gasteiger partial charge in [-0.3, -0.25) is 0 Å². The van der Waals surface area contributed by atoms with E-state index in [4.69, 9.17) is 5.73 Å². The summed E-state index contributed by atoms with van der Waals surface area (Å²) >= 11 is 0. The summed E-state index contributed by atoms with van der Waals surface area (Å²) < 4.78 is 37.2. The van der Waals surface area contributed by atoms with Crippen LogP contribution >= 0.6 is 0 Å². The first-order chi connectivity index (χ1) is 8.89. The van der Waals surface area contributed by atoms with Crippen molar-refractivity contribution >= 4 is 10.8 Å². The first-order valence-electron chi connectivity index (χ1n) is 5.87. The second-order valence-electron chi connectivity index (χ2n) is 4.47. The molecule has 102 valence electrons. The van der Waals surface area contributed by atoms with Crippen molar-refractivity contribution in [2.24, 2.45) is 5.73 Å². The number of rotatable bonds is 3. The fourth-order valence-electron chi connectivity index (χ4n) is 2.04. The predicted octanol–water partition coefficient (Wildman–Crippen LogP) is 3.15. The number of aliphatic hydroxyl groups is 1. The Labute approximate surface area is 108 Å². The molecule has 2 atom stereocenters. The van der Waals surface area contributed by atoms with Crippen LogP contribution in [0.25, 0.3) is 10.8 Å². The van der Waals surface area contributed by atoms with Crippen molar-refractivity contribution in [1.29, 1.82) is 0 Å². The van der Waals surface area contributed by atoms with E-state index in [-0.39, 0.29) is 0 Å². The van der Waals surface area contributed by atoms with Crippen molar-refractivity contribution in [3.05, 3.63) is 48.0 Å². The summed E-state index contributed by atoms with van der Waals surface area (Å²) in [5.41, 5.74) is 5.52. The second-order valence-corrected chi connectivity index (χ2v) is 4.47. The SMILES string of the molecule is N[C@H](C[C@@H](O)c1cccc2ccccc12)C(F)(F)F. The van der Waals surface area contributed by atoms with E-state index in [2.05, 4.69) is 0 Å². The Morgan fingerprint density at radius 2 is 1.68 bits per heavy atom. The Morgan fingerprint density at radius 3 is 2.37 bits per heavy atom. The normalized spacial score (nSPS) is 15.4. The molecular weight excluding hydrogens is 255 g/mol. The van der Waals surface area contributed by atoms with Gasteiger partial charge in [-0.05, 0) is 16.3 Å². The summed E-state index contributed by atoms with van der Waals surface area (Å²) in [6, 6.07) is 10.4. The van der Waals surface area contributed by atoms with E-state index in [1.807, 2.05) is 18.2 Å². The van der Waals surface area contributed by atoms with Crippen molar-refractivity contribution < 1.29 is 18.3 Å². The Kier molecular flexibility index (Phi) is 3.78. The number of alkyl halides is 3. The molecule has 0 saturated carbocycles. The third kappa shape index (κ3) is 3.05. The van der Waals surface area contributed by atoms with E-state index in [1.165, 1.54) is 0 Å². The highest BCUT2D eigenvalue weighted by Crippen LogP contribution is 2.30. The van der Waals surface area contributed by atoms with Crippen LogP contribution in [-0.2, 0) is 0 Å². The summed E-state index contributed by atoms with van der Waals surface area (Å²) in [6.07, 6.45) is -6.27. The average Bonchev–Trinajstić information content (AvgIpc) is 2.36. The molecule has 0 aromatic heterocycles. The highest BCUT2D eigenvalue weighted by molar-refractivity contribution is 5.85. The van der Waals surface area contributed by atoms with E-state index in [0.29, 0.717) is 5.56 Å². The Balaban J connectivity index is 2.29. The van der Waals surface area contributed by atoms with Gasteiger partial charge < -0.3 is 10.8 Å². The maximum absolute atomic E-state index is 12.4. The van der Waals surface area contributed by atoms with Gasteiger partial charge in [0.05, 0.1) is 6.10 Å². The number of hydrogen-bond acceptors (Lipinski definition) is 2. The maximum Gasteiger partial charge on any atom is 0.403 e. The Hall–Kier alpha value is -1.59. The smallest absolute Gasteiger partial charge is 0.388 e. The molecule has 19 heavy (non-hydrogen) atoms. The van der Waals surface area contributed by atoms with Gasteiger partial charge in [0.1, 0.15) is 6.04 Å². The highest BCUT2D eigenvalue weighted by Gasteiger charge is 2.38.